The molecular weight excluding hydrogens is 321 g/mol. The van der Waals surface area contributed by atoms with Crippen LogP contribution in [0.5, 0.6) is 5.75 Å². The van der Waals surface area contributed by atoms with Crippen molar-refractivity contribution in [2.45, 2.75) is 26.8 Å². The van der Waals surface area contributed by atoms with Crippen LogP contribution < -0.4 is 15.8 Å². The number of nitrogens with two attached hydrogens (primary N) is 1. The molecule has 1 aromatic carbocycles. The second kappa shape index (κ2) is 8.69. The van der Waals surface area contributed by atoms with E-state index in [9.17, 15) is 9.18 Å². The molecule has 2 rings (SSSR count). The Hall–Kier alpha value is -3.07. The van der Waals surface area contributed by atoms with E-state index in [0.29, 0.717) is 18.6 Å². The van der Waals surface area contributed by atoms with Crippen LogP contribution in [-0.4, -0.2) is 17.5 Å². The van der Waals surface area contributed by atoms with Crippen LogP contribution in [-0.2, 0) is 6.54 Å². The Balaban J connectivity index is 2.02. The molecule has 130 valence electrons. The van der Waals surface area contributed by atoms with Crippen molar-refractivity contribution < 1.29 is 13.9 Å². The highest BCUT2D eigenvalue weighted by molar-refractivity contribution is 5.98. The molecule has 0 aliphatic carbocycles. The predicted molar refractivity (Wildman–Crippen MR) is 94.5 cm³/mol. The maximum absolute atomic E-state index is 14.4. The van der Waals surface area contributed by atoms with E-state index < -0.39 is 11.7 Å². The van der Waals surface area contributed by atoms with Crippen LogP contribution in [0, 0.1) is 24.6 Å². The average molecular weight is 341 g/mol. The maximum atomic E-state index is 14.4. The van der Waals surface area contributed by atoms with Crippen LogP contribution >= 0.6 is 0 Å². The van der Waals surface area contributed by atoms with Crippen molar-refractivity contribution in [3.63, 3.8) is 0 Å². The molecule has 0 aliphatic heterocycles. The first-order valence-electron chi connectivity index (χ1n) is 7.84. The van der Waals surface area contributed by atoms with E-state index in [4.69, 9.17) is 10.5 Å². The number of ether oxygens (including phenoxy) is 1. The van der Waals surface area contributed by atoms with Gasteiger partial charge in [0.25, 0.3) is 5.91 Å². The van der Waals surface area contributed by atoms with Crippen LogP contribution in [0.25, 0.3) is 0 Å². The number of benzene rings is 1. The quantitative estimate of drug-likeness (QED) is 0.626. The van der Waals surface area contributed by atoms with Crippen molar-refractivity contribution in [3.05, 3.63) is 53.0 Å². The fourth-order valence-electron chi connectivity index (χ4n) is 2.18. The Kier molecular flexibility index (Phi) is 6.35. The standard InChI is InChI=1S/C19H20FN3O2/c1-3-4-5-11-25-16-8-6-7-14(17(16)20)12-22-19(24)15-10-9-13(2)23-18(15)21/h6-10H,5,11-12H2,1-2H3,(H2,21,23)(H,22,24). The summed E-state index contributed by atoms with van der Waals surface area (Å²) in [6.07, 6.45) is 0.524. The highest BCUT2D eigenvalue weighted by Gasteiger charge is 2.13. The molecule has 0 aliphatic rings. The van der Waals surface area contributed by atoms with Crippen molar-refractivity contribution in [2.24, 2.45) is 0 Å². The summed E-state index contributed by atoms with van der Waals surface area (Å²) in [7, 11) is 0. The molecule has 0 saturated carbocycles. The van der Waals surface area contributed by atoms with Gasteiger partial charge in [0.2, 0.25) is 0 Å². The molecule has 0 atom stereocenters. The topological polar surface area (TPSA) is 77.2 Å². The third-order valence-corrected chi connectivity index (χ3v) is 3.45. The number of pyridine rings is 1. The molecule has 0 bridgehead atoms. The van der Waals surface area contributed by atoms with Gasteiger partial charge >= 0.3 is 0 Å². The van der Waals surface area contributed by atoms with Gasteiger partial charge in [-0.1, -0.05) is 12.1 Å². The summed E-state index contributed by atoms with van der Waals surface area (Å²) >= 11 is 0. The zero-order valence-electron chi connectivity index (χ0n) is 14.2. The van der Waals surface area contributed by atoms with Crippen molar-refractivity contribution in [1.82, 2.24) is 10.3 Å². The van der Waals surface area contributed by atoms with Gasteiger partial charge in [-0.2, -0.15) is 0 Å². The number of anilines is 1. The van der Waals surface area contributed by atoms with Gasteiger partial charge < -0.3 is 15.8 Å². The summed E-state index contributed by atoms with van der Waals surface area (Å²) in [6, 6.07) is 8.09. The molecule has 6 heteroatoms. The van der Waals surface area contributed by atoms with Gasteiger partial charge in [0.1, 0.15) is 5.82 Å². The summed E-state index contributed by atoms with van der Waals surface area (Å²) < 4.78 is 19.8. The van der Waals surface area contributed by atoms with Crippen LogP contribution in [0.4, 0.5) is 10.2 Å². The molecule has 1 heterocycles. The van der Waals surface area contributed by atoms with Crippen LogP contribution in [0.1, 0.15) is 35.0 Å². The number of rotatable bonds is 6. The first-order valence-corrected chi connectivity index (χ1v) is 7.84. The van der Waals surface area contributed by atoms with E-state index in [-0.39, 0.29) is 23.7 Å². The fourth-order valence-corrected chi connectivity index (χ4v) is 2.18. The molecular formula is C19H20FN3O2. The van der Waals surface area contributed by atoms with Crippen molar-refractivity contribution in [2.75, 3.05) is 12.3 Å². The number of hydrogen-bond donors (Lipinski definition) is 2. The third kappa shape index (κ3) is 4.95. The molecule has 0 unspecified atom stereocenters. The van der Waals surface area contributed by atoms with Crippen LogP contribution in [0.2, 0.25) is 0 Å². The second-order valence-electron chi connectivity index (χ2n) is 5.32. The zero-order chi connectivity index (χ0) is 18.2. The molecule has 0 fully saturated rings. The van der Waals surface area contributed by atoms with E-state index in [0.717, 1.165) is 5.69 Å². The zero-order valence-corrected chi connectivity index (χ0v) is 14.2. The number of amides is 1. The lowest BCUT2D eigenvalue weighted by molar-refractivity contribution is 0.0951. The van der Waals surface area contributed by atoms with Gasteiger partial charge in [-0.3, -0.25) is 4.79 Å². The number of halogens is 1. The van der Waals surface area contributed by atoms with E-state index in [1.807, 2.05) is 0 Å². The molecule has 5 nitrogen and oxygen atoms in total. The lowest BCUT2D eigenvalue weighted by Crippen LogP contribution is -2.24. The number of aryl methyl sites for hydroxylation is 1. The van der Waals surface area contributed by atoms with Gasteiger partial charge in [0.05, 0.1) is 12.2 Å². The third-order valence-electron chi connectivity index (χ3n) is 3.45. The van der Waals surface area contributed by atoms with E-state index >= 15 is 0 Å². The monoisotopic (exact) mass is 341 g/mol. The van der Waals surface area contributed by atoms with Crippen LogP contribution in [0.3, 0.4) is 0 Å². The molecule has 0 radical (unpaired) electrons. The van der Waals surface area contributed by atoms with Gasteiger partial charge in [0, 0.05) is 24.2 Å². The number of nitrogens with zero attached hydrogens (tertiary/aromatic N) is 1. The Morgan fingerprint density at radius 1 is 1.36 bits per heavy atom. The van der Waals surface area contributed by atoms with Crippen molar-refractivity contribution in [1.29, 1.82) is 0 Å². The summed E-state index contributed by atoms with van der Waals surface area (Å²) in [5.41, 5.74) is 7.05. The molecule has 25 heavy (non-hydrogen) atoms. The minimum atomic E-state index is -0.498. The summed E-state index contributed by atoms with van der Waals surface area (Å²) in [5, 5.41) is 2.64. The Labute approximate surface area is 146 Å². The Morgan fingerprint density at radius 2 is 2.16 bits per heavy atom. The van der Waals surface area contributed by atoms with Crippen molar-refractivity contribution >= 4 is 11.7 Å². The van der Waals surface area contributed by atoms with Gasteiger partial charge in [-0.15, -0.1) is 11.8 Å². The normalized spacial score (nSPS) is 9.88. The number of nitrogens with one attached hydrogen (secondary N) is 1. The van der Waals surface area contributed by atoms with Crippen LogP contribution in [0.15, 0.2) is 30.3 Å². The highest BCUT2D eigenvalue weighted by atomic mass is 19.1. The second-order valence-corrected chi connectivity index (χ2v) is 5.32. The van der Waals surface area contributed by atoms with E-state index in [1.54, 1.807) is 44.2 Å². The van der Waals surface area contributed by atoms with Gasteiger partial charge in [-0.25, -0.2) is 9.37 Å². The lowest BCUT2D eigenvalue weighted by atomic mass is 10.1. The number of carbonyl (C=O) groups is 1. The number of nitrogen functional groups attached to an aromatic ring is 1. The molecule has 1 amide bonds. The Bertz CT molecular complexity index is 825. The van der Waals surface area contributed by atoms with E-state index in [2.05, 4.69) is 22.1 Å². The molecule has 1 aromatic heterocycles. The Morgan fingerprint density at radius 3 is 2.88 bits per heavy atom. The number of hydrogen-bond acceptors (Lipinski definition) is 4. The first-order chi connectivity index (χ1) is 12.0. The summed E-state index contributed by atoms with van der Waals surface area (Å²) in [5.74, 6) is 4.98. The minimum absolute atomic E-state index is 0.0178. The van der Waals surface area contributed by atoms with Gasteiger partial charge in [0.15, 0.2) is 11.6 Å². The molecule has 0 spiro atoms. The lowest BCUT2D eigenvalue weighted by Gasteiger charge is -2.11. The SMILES string of the molecule is CC#CCCOc1cccc(CNC(=O)c2ccc(C)nc2N)c1F. The maximum Gasteiger partial charge on any atom is 0.255 e. The molecule has 3 N–H and O–H groups in total. The smallest absolute Gasteiger partial charge is 0.255 e. The number of carbonyl (C=O) groups excluding carboxylic acids is 1. The fraction of sp³-hybridized carbons (Fsp3) is 0.263. The summed E-state index contributed by atoms with van der Waals surface area (Å²) in [4.78, 5) is 16.2. The number of aromatic nitrogens is 1. The average Bonchev–Trinajstić information content (AvgIpc) is 2.58. The largest absolute Gasteiger partial charge is 0.490 e. The van der Waals surface area contributed by atoms with Crippen molar-refractivity contribution in [3.8, 4) is 17.6 Å². The molecule has 0 saturated heterocycles. The van der Waals surface area contributed by atoms with E-state index in [1.165, 1.54) is 0 Å². The van der Waals surface area contributed by atoms with Gasteiger partial charge in [-0.05, 0) is 32.0 Å². The predicted octanol–water partition coefficient (Wildman–Crippen LogP) is 2.83. The summed E-state index contributed by atoms with van der Waals surface area (Å²) in [6.45, 7) is 3.84. The highest BCUT2D eigenvalue weighted by Crippen LogP contribution is 2.21. The first kappa shape index (κ1) is 18.3. The minimum Gasteiger partial charge on any atom is -0.490 e. The molecule has 2 aromatic rings.